The van der Waals surface area contributed by atoms with Crippen LogP contribution in [0.2, 0.25) is 0 Å². The number of methoxy groups -OCH3 is 3. The van der Waals surface area contributed by atoms with Gasteiger partial charge in [-0.05, 0) is 36.4 Å². The van der Waals surface area contributed by atoms with E-state index in [9.17, 15) is 4.79 Å². The highest BCUT2D eigenvalue weighted by Crippen LogP contribution is 2.24. The Morgan fingerprint density at radius 3 is 1.90 bits per heavy atom. The van der Waals surface area contributed by atoms with Gasteiger partial charge in [-0.2, -0.15) is 0 Å². The van der Waals surface area contributed by atoms with Crippen molar-refractivity contribution in [1.82, 2.24) is 9.80 Å². The summed E-state index contributed by atoms with van der Waals surface area (Å²) in [7, 11) is 4.80. The third kappa shape index (κ3) is 5.54. The Hall–Kier alpha value is -2.93. The molecule has 1 heterocycles. The van der Waals surface area contributed by atoms with E-state index in [1.54, 1.807) is 39.5 Å². The van der Waals surface area contributed by atoms with Gasteiger partial charge in [-0.3, -0.25) is 9.69 Å². The Bertz CT molecular complexity index is 779. The number of carbonyl (C=O) groups excluding carboxylic acids is 1. The van der Waals surface area contributed by atoms with Crippen LogP contribution in [0.1, 0.15) is 10.4 Å². The van der Waals surface area contributed by atoms with E-state index in [-0.39, 0.29) is 5.91 Å². The molecular weight excluding hydrogens is 372 g/mol. The molecule has 0 N–H and O–H groups in total. The normalized spacial score (nSPS) is 14.4. The predicted molar refractivity (Wildman–Crippen MR) is 110 cm³/mol. The van der Waals surface area contributed by atoms with Crippen molar-refractivity contribution in [2.75, 3.05) is 60.7 Å². The van der Waals surface area contributed by atoms with Gasteiger partial charge < -0.3 is 23.8 Å². The standard InChI is InChI=1S/C22H28N2O5/c1-26-18-4-6-19(7-5-18)29-13-12-23-8-10-24(11-9-23)22(25)17-14-20(27-2)16-21(15-17)28-3/h4-7,14-16H,8-13H2,1-3H3. The Kier molecular flexibility index (Phi) is 7.19. The Morgan fingerprint density at radius 2 is 1.34 bits per heavy atom. The number of benzene rings is 2. The van der Waals surface area contributed by atoms with Crippen LogP contribution in [0.25, 0.3) is 0 Å². The van der Waals surface area contributed by atoms with Gasteiger partial charge >= 0.3 is 0 Å². The van der Waals surface area contributed by atoms with Crippen LogP contribution in [-0.4, -0.2) is 76.4 Å². The van der Waals surface area contributed by atoms with Crippen molar-refractivity contribution in [1.29, 1.82) is 0 Å². The van der Waals surface area contributed by atoms with Gasteiger partial charge in [-0.15, -0.1) is 0 Å². The first-order valence-corrected chi connectivity index (χ1v) is 9.64. The molecule has 2 aromatic carbocycles. The first kappa shape index (κ1) is 20.8. The monoisotopic (exact) mass is 400 g/mol. The second-order valence-electron chi connectivity index (χ2n) is 6.76. The molecule has 7 nitrogen and oxygen atoms in total. The molecule has 0 atom stereocenters. The fourth-order valence-electron chi connectivity index (χ4n) is 3.25. The average molecular weight is 400 g/mol. The van der Waals surface area contributed by atoms with Gasteiger partial charge in [0.05, 0.1) is 21.3 Å². The average Bonchev–Trinajstić information content (AvgIpc) is 2.79. The summed E-state index contributed by atoms with van der Waals surface area (Å²) in [6.45, 7) is 4.42. The Morgan fingerprint density at radius 1 is 0.793 bits per heavy atom. The molecule has 3 rings (SSSR count). The number of nitrogens with zero attached hydrogens (tertiary/aromatic N) is 2. The summed E-state index contributed by atoms with van der Waals surface area (Å²) in [6.07, 6.45) is 0. The summed E-state index contributed by atoms with van der Waals surface area (Å²) < 4.78 is 21.5. The maximum atomic E-state index is 12.9. The molecule has 0 bridgehead atoms. The zero-order valence-electron chi connectivity index (χ0n) is 17.2. The Labute approximate surface area is 171 Å². The summed E-state index contributed by atoms with van der Waals surface area (Å²) in [6, 6.07) is 12.8. The highest BCUT2D eigenvalue weighted by Gasteiger charge is 2.23. The molecule has 156 valence electrons. The number of hydrogen-bond donors (Lipinski definition) is 0. The van der Waals surface area contributed by atoms with Crippen molar-refractivity contribution < 1.29 is 23.7 Å². The largest absolute Gasteiger partial charge is 0.497 e. The lowest BCUT2D eigenvalue weighted by molar-refractivity contribution is 0.0619. The maximum Gasteiger partial charge on any atom is 0.254 e. The number of hydrogen-bond acceptors (Lipinski definition) is 6. The molecule has 1 saturated heterocycles. The molecule has 29 heavy (non-hydrogen) atoms. The topological polar surface area (TPSA) is 60.5 Å². The lowest BCUT2D eigenvalue weighted by Crippen LogP contribution is -2.49. The zero-order chi connectivity index (χ0) is 20.6. The van der Waals surface area contributed by atoms with E-state index in [0.717, 1.165) is 31.1 Å². The molecule has 0 saturated carbocycles. The number of piperazine rings is 1. The second kappa shape index (κ2) is 10.0. The van der Waals surface area contributed by atoms with Crippen molar-refractivity contribution >= 4 is 5.91 Å². The van der Waals surface area contributed by atoms with Crippen LogP contribution in [0, 0.1) is 0 Å². The van der Waals surface area contributed by atoms with Crippen molar-refractivity contribution in [2.24, 2.45) is 0 Å². The predicted octanol–water partition coefficient (Wildman–Crippen LogP) is 2.55. The molecule has 0 aliphatic carbocycles. The molecule has 0 spiro atoms. The molecular formula is C22H28N2O5. The Balaban J connectivity index is 1.46. The maximum absolute atomic E-state index is 12.9. The molecule has 1 fully saturated rings. The summed E-state index contributed by atoms with van der Waals surface area (Å²) in [5.41, 5.74) is 0.581. The first-order chi connectivity index (χ1) is 14.1. The fraction of sp³-hybridized carbons (Fsp3) is 0.409. The van der Waals surface area contributed by atoms with Gasteiger partial charge in [-0.1, -0.05) is 0 Å². The van der Waals surface area contributed by atoms with Crippen LogP contribution in [-0.2, 0) is 0 Å². The van der Waals surface area contributed by atoms with Crippen molar-refractivity contribution in [3.63, 3.8) is 0 Å². The minimum atomic E-state index is -0.00340. The SMILES string of the molecule is COc1ccc(OCCN2CCN(C(=O)c3cc(OC)cc(OC)c3)CC2)cc1. The van der Waals surface area contributed by atoms with E-state index in [1.165, 1.54) is 0 Å². The fourth-order valence-corrected chi connectivity index (χ4v) is 3.25. The number of amides is 1. The van der Waals surface area contributed by atoms with Crippen LogP contribution in [0.3, 0.4) is 0 Å². The number of carbonyl (C=O) groups is 1. The molecule has 7 heteroatoms. The highest BCUT2D eigenvalue weighted by molar-refractivity contribution is 5.95. The lowest BCUT2D eigenvalue weighted by atomic mass is 10.1. The summed E-state index contributed by atoms with van der Waals surface area (Å²) in [5, 5.41) is 0. The van der Waals surface area contributed by atoms with Crippen LogP contribution < -0.4 is 18.9 Å². The van der Waals surface area contributed by atoms with E-state index >= 15 is 0 Å². The van der Waals surface area contributed by atoms with E-state index in [2.05, 4.69) is 4.90 Å². The molecule has 0 radical (unpaired) electrons. The molecule has 0 aromatic heterocycles. The van der Waals surface area contributed by atoms with E-state index in [4.69, 9.17) is 18.9 Å². The van der Waals surface area contributed by atoms with Gasteiger partial charge in [0.25, 0.3) is 5.91 Å². The minimum absolute atomic E-state index is 0.00340. The van der Waals surface area contributed by atoms with Gasteiger partial charge in [0.1, 0.15) is 29.6 Å². The van der Waals surface area contributed by atoms with Gasteiger partial charge in [0.2, 0.25) is 0 Å². The summed E-state index contributed by atoms with van der Waals surface area (Å²) in [5.74, 6) is 2.86. The molecule has 1 aliphatic heterocycles. The summed E-state index contributed by atoms with van der Waals surface area (Å²) in [4.78, 5) is 17.0. The van der Waals surface area contributed by atoms with Crippen LogP contribution in [0.15, 0.2) is 42.5 Å². The van der Waals surface area contributed by atoms with Crippen molar-refractivity contribution in [3.8, 4) is 23.0 Å². The quantitative estimate of drug-likeness (QED) is 0.679. The van der Waals surface area contributed by atoms with Gasteiger partial charge in [0, 0.05) is 44.4 Å². The lowest BCUT2D eigenvalue weighted by Gasteiger charge is -2.34. The molecule has 1 amide bonds. The number of rotatable bonds is 8. The smallest absolute Gasteiger partial charge is 0.254 e. The first-order valence-electron chi connectivity index (χ1n) is 9.64. The van der Waals surface area contributed by atoms with E-state index < -0.39 is 0 Å². The second-order valence-corrected chi connectivity index (χ2v) is 6.76. The molecule has 1 aliphatic rings. The summed E-state index contributed by atoms with van der Waals surface area (Å²) >= 11 is 0. The number of ether oxygens (including phenoxy) is 4. The van der Waals surface area contributed by atoms with E-state index in [0.29, 0.717) is 36.8 Å². The third-order valence-corrected chi connectivity index (χ3v) is 4.99. The van der Waals surface area contributed by atoms with Crippen molar-refractivity contribution in [2.45, 2.75) is 0 Å². The van der Waals surface area contributed by atoms with Gasteiger partial charge in [-0.25, -0.2) is 0 Å². The van der Waals surface area contributed by atoms with E-state index in [1.807, 2.05) is 29.2 Å². The highest BCUT2D eigenvalue weighted by atomic mass is 16.5. The van der Waals surface area contributed by atoms with Crippen LogP contribution >= 0.6 is 0 Å². The van der Waals surface area contributed by atoms with Crippen molar-refractivity contribution in [3.05, 3.63) is 48.0 Å². The molecule has 0 unspecified atom stereocenters. The molecule has 2 aromatic rings. The zero-order valence-corrected chi connectivity index (χ0v) is 17.2. The van der Waals surface area contributed by atoms with Gasteiger partial charge in [0.15, 0.2) is 0 Å². The third-order valence-electron chi connectivity index (χ3n) is 4.99. The minimum Gasteiger partial charge on any atom is -0.497 e. The van der Waals surface area contributed by atoms with Crippen LogP contribution in [0.4, 0.5) is 0 Å². The van der Waals surface area contributed by atoms with Crippen LogP contribution in [0.5, 0.6) is 23.0 Å².